The molecule has 29 heteroatoms. The van der Waals surface area contributed by atoms with Crippen molar-refractivity contribution < 1.29 is 88.7 Å². The first kappa shape index (κ1) is 75.0. The fraction of sp³-hybridized carbons (Fsp3) is 0.606. The van der Waals surface area contributed by atoms with E-state index in [1.54, 1.807) is 12.1 Å². The van der Waals surface area contributed by atoms with E-state index in [2.05, 4.69) is 43.3 Å². The zero-order valence-corrected chi connectivity index (χ0v) is 54.1. The molecule has 4 saturated heterocycles. The van der Waals surface area contributed by atoms with Crippen LogP contribution in [0.2, 0.25) is 0 Å². The maximum absolute atomic E-state index is 14.7. The monoisotopic (exact) mass is 1330 g/mol. The number of nitrogens with zero attached hydrogens (tertiary/aromatic N) is 4. The maximum Gasteiger partial charge on any atom is 0.251 e. The Morgan fingerprint density at radius 3 is 1.83 bits per heavy atom. The number of hydrogen-bond acceptors (Lipinski definition) is 21. The Bertz CT molecular complexity index is 3000. The highest BCUT2D eigenvalue weighted by Gasteiger charge is 2.49. The summed E-state index contributed by atoms with van der Waals surface area (Å²) < 4.78 is 11.9. The van der Waals surface area contributed by atoms with E-state index in [0.717, 1.165) is 85.8 Å². The van der Waals surface area contributed by atoms with E-state index in [9.17, 15) is 79.2 Å². The number of aliphatic hydroxyl groups is 7. The Kier molecular flexibility index (Phi) is 28.9. The van der Waals surface area contributed by atoms with Crippen molar-refractivity contribution in [2.45, 2.75) is 183 Å². The third-order valence-corrected chi connectivity index (χ3v) is 17.9. The number of nitrogens with two attached hydrogens (primary N) is 2. The van der Waals surface area contributed by atoms with E-state index in [4.69, 9.17) is 20.9 Å². The van der Waals surface area contributed by atoms with Crippen LogP contribution in [0.4, 0.5) is 0 Å². The van der Waals surface area contributed by atoms with E-state index >= 15 is 0 Å². The van der Waals surface area contributed by atoms with Crippen LogP contribution in [-0.2, 0) is 38.3 Å². The molecular formula is C66H97N11O18. The van der Waals surface area contributed by atoms with Crippen LogP contribution in [0.1, 0.15) is 119 Å². The van der Waals surface area contributed by atoms with Crippen molar-refractivity contribution in [2.24, 2.45) is 11.5 Å². The number of benzene rings is 3. The maximum atomic E-state index is 14.7. The zero-order valence-electron chi connectivity index (χ0n) is 54.1. The molecule has 17 N–H and O–H groups in total. The smallest absolute Gasteiger partial charge is 0.251 e. The van der Waals surface area contributed by atoms with Gasteiger partial charge in [-0.1, -0.05) is 94.7 Å². The van der Waals surface area contributed by atoms with Crippen molar-refractivity contribution in [3.05, 3.63) is 83.9 Å². The van der Waals surface area contributed by atoms with Gasteiger partial charge >= 0.3 is 0 Å². The van der Waals surface area contributed by atoms with Crippen molar-refractivity contribution in [3.63, 3.8) is 0 Å². The Hall–Kier alpha value is -7.42. The third-order valence-electron chi connectivity index (χ3n) is 17.9. The Morgan fingerprint density at radius 2 is 1.22 bits per heavy atom. The lowest BCUT2D eigenvalue weighted by Crippen LogP contribution is -2.64. The van der Waals surface area contributed by atoms with Gasteiger partial charge in [0.2, 0.25) is 41.4 Å². The average molecular weight is 1330 g/mol. The molecule has 3 aromatic carbocycles. The number of piperazine rings is 1. The summed E-state index contributed by atoms with van der Waals surface area (Å²) in [5.41, 5.74) is 12.6. The number of aromatic hydroxyl groups is 1. The molecule has 0 radical (unpaired) electrons. The van der Waals surface area contributed by atoms with Crippen molar-refractivity contribution in [1.29, 1.82) is 0 Å². The molecule has 14 unspecified atom stereocenters. The Morgan fingerprint density at radius 1 is 0.642 bits per heavy atom. The first-order valence-corrected chi connectivity index (χ1v) is 33.0. The second-order valence-corrected chi connectivity index (χ2v) is 25.1. The third kappa shape index (κ3) is 21.3. The van der Waals surface area contributed by atoms with Crippen molar-refractivity contribution in [1.82, 2.24) is 46.2 Å². The molecule has 7 rings (SSSR count). The molecule has 8 amide bonds. The predicted molar refractivity (Wildman–Crippen MR) is 345 cm³/mol. The quantitative estimate of drug-likeness (QED) is 0.0366. The summed E-state index contributed by atoms with van der Waals surface area (Å²) in [6.07, 6.45) is -6.33. The molecule has 524 valence electrons. The van der Waals surface area contributed by atoms with Gasteiger partial charge in [-0.25, -0.2) is 0 Å². The molecule has 0 aromatic heterocycles. The lowest BCUT2D eigenvalue weighted by Gasteiger charge is -2.34. The minimum absolute atomic E-state index is 0.0150. The van der Waals surface area contributed by atoms with Crippen LogP contribution < -0.4 is 42.8 Å². The standard InChI is InChI=1S/C66H97N11O18/c1-3-4-5-6-7-8-9-10-11-26-74-28-30-75(31-29-74)32-34-94-46-22-18-41(19-23-46)40-12-14-43(15-13-40)59(87)69-47-36-51(83)64(95-33-25-67)73-63(91)56-49(81)24-27-76(56)66(93)54(50(82)37-52(68)84)71-62(90)55(58(86)57(85)42-16-20-44(79)21-17-42)72-61(89)48-35-45(80)38-77(48)65(92)53(39(2)78)70-60(47)88/h12-23,39,45,47-51,53-58,64,78-83,85-86H,3-11,24-38,67H2,1-2H3,(H2,68,84)(H,69,87)(H,70,88)(H,71,90)(H,72,89)(H,73,91). The summed E-state index contributed by atoms with van der Waals surface area (Å²) in [5.74, 6) is -9.40. The van der Waals surface area contributed by atoms with Gasteiger partial charge in [-0.2, -0.15) is 0 Å². The molecule has 29 nitrogen and oxygen atoms in total. The number of carbonyl (C=O) groups excluding carboxylic acids is 8. The van der Waals surface area contributed by atoms with Gasteiger partial charge in [0.05, 0.1) is 37.4 Å². The summed E-state index contributed by atoms with van der Waals surface area (Å²) in [5, 5.41) is 102. The van der Waals surface area contributed by atoms with Gasteiger partial charge in [-0.3, -0.25) is 43.3 Å². The van der Waals surface area contributed by atoms with Gasteiger partial charge in [0.15, 0.2) is 6.23 Å². The predicted octanol–water partition coefficient (Wildman–Crippen LogP) is -2.04. The second-order valence-electron chi connectivity index (χ2n) is 25.1. The lowest BCUT2D eigenvalue weighted by molar-refractivity contribution is -0.150. The normalized spacial score (nSPS) is 26.0. The largest absolute Gasteiger partial charge is 0.508 e. The van der Waals surface area contributed by atoms with Crippen LogP contribution in [0.25, 0.3) is 11.1 Å². The number of aliphatic hydroxyl groups excluding tert-OH is 7. The van der Waals surface area contributed by atoms with Gasteiger partial charge < -0.3 is 103 Å². The SMILES string of the molecule is CCCCCCCCCCCN1CCN(CCOc2ccc(-c3ccc(C(=O)NC4CC(O)C(OCCN)NC(=O)C5C(O)CCN5C(=O)C(C(O)CC(N)=O)NC(=O)C(C(O)C(O)c5ccc(O)cc5)NC(=O)C5CC(O)CN5C(=O)C(C(C)O)NC4=O)cc3)cc2)CC1. The minimum atomic E-state index is -2.38. The molecule has 0 spiro atoms. The number of hydrogen-bond donors (Lipinski definition) is 15. The van der Waals surface area contributed by atoms with Gasteiger partial charge in [0.1, 0.15) is 72.7 Å². The highest BCUT2D eigenvalue weighted by atomic mass is 16.5. The molecule has 4 heterocycles. The fourth-order valence-corrected chi connectivity index (χ4v) is 12.4. The van der Waals surface area contributed by atoms with Crippen molar-refractivity contribution >= 4 is 47.3 Å². The second kappa shape index (κ2) is 36.6. The molecule has 14 atom stereocenters. The van der Waals surface area contributed by atoms with Crippen molar-refractivity contribution in [2.75, 3.05) is 72.1 Å². The van der Waals surface area contributed by atoms with Crippen LogP contribution >= 0.6 is 0 Å². The first-order chi connectivity index (χ1) is 45.5. The number of phenols is 1. The van der Waals surface area contributed by atoms with Gasteiger partial charge in [0, 0.05) is 70.8 Å². The van der Waals surface area contributed by atoms with Crippen LogP contribution in [0.15, 0.2) is 72.8 Å². The summed E-state index contributed by atoms with van der Waals surface area (Å²) in [4.78, 5) is 121. The molecule has 4 aliphatic heterocycles. The average Bonchev–Trinajstić information content (AvgIpc) is 1.73. The molecule has 4 aliphatic rings. The summed E-state index contributed by atoms with van der Waals surface area (Å²) in [6, 6.07) is 6.15. The molecule has 0 bridgehead atoms. The van der Waals surface area contributed by atoms with Crippen LogP contribution in [0, 0.1) is 0 Å². The molecular weight excluding hydrogens is 1230 g/mol. The minimum Gasteiger partial charge on any atom is -0.508 e. The fourth-order valence-electron chi connectivity index (χ4n) is 12.4. The number of carbonyl (C=O) groups is 8. The molecule has 0 aliphatic carbocycles. The topological polar surface area (TPSA) is 442 Å². The lowest BCUT2D eigenvalue weighted by atomic mass is 9.96. The Labute approximate surface area is 552 Å². The molecule has 3 aromatic rings. The number of amides is 8. The van der Waals surface area contributed by atoms with E-state index in [-0.39, 0.29) is 36.4 Å². The number of unbranched alkanes of at least 4 members (excludes halogenated alkanes) is 8. The summed E-state index contributed by atoms with van der Waals surface area (Å²) in [7, 11) is 0. The van der Waals surface area contributed by atoms with Crippen LogP contribution in [0.3, 0.4) is 0 Å². The number of fused-ring (bicyclic) bond motifs is 2. The number of phenolic OH excluding ortho intramolecular Hbond substituents is 1. The first-order valence-electron chi connectivity index (χ1n) is 33.0. The highest BCUT2D eigenvalue weighted by Crippen LogP contribution is 2.28. The van der Waals surface area contributed by atoms with Crippen molar-refractivity contribution in [3.8, 4) is 22.6 Å². The van der Waals surface area contributed by atoms with Gasteiger partial charge in [-0.05, 0) is 79.4 Å². The Balaban J connectivity index is 1.10. The van der Waals surface area contributed by atoms with Gasteiger partial charge in [-0.15, -0.1) is 0 Å². The highest BCUT2D eigenvalue weighted by molar-refractivity contribution is 6.00. The summed E-state index contributed by atoms with van der Waals surface area (Å²) >= 11 is 0. The number of rotatable bonds is 27. The zero-order chi connectivity index (χ0) is 68.9. The van der Waals surface area contributed by atoms with E-state index in [0.29, 0.717) is 17.9 Å². The molecule has 95 heavy (non-hydrogen) atoms. The van der Waals surface area contributed by atoms with Gasteiger partial charge in [0.25, 0.3) is 5.91 Å². The number of ether oxygens (including phenoxy) is 2. The molecule has 0 saturated carbocycles. The number of nitrogens with one attached hydrogen (secondary N) is 5. The van der Waals surface area contributed by atoms with Crippen LogP contribution in [-0.4, -0.2) is 259 Å². The van der Waals surface area contributed by atoms with E-state index in [1.807, 2.05) is 24.3 Å². The van der Waals surface area contributed by atoms with E-state index in [1.165, 1.54) is 69.9 Å². The van der Waals surface area contributed by atoms with E-state index < -0.39 is 165 Å². The van der Waals surface area contributed by atoms with Crippen LogP contribution in [0.5, 0.6) is 11.5 Å². The number of primary amides is 1. The molecule has 4 fully saturated rings. The summed E-state index contributed by atoms with van der Waals surface area (Å²) in [6.45, 7) is 8.23.